The van der Waals surface area contributed by atoms with Crippen LogP contribution in [0.4, 0.5) is 11.5 Å². The Kier molecular flexibility index (Phi) is 3.40. The zero-order valence-corrected chi connectivity index (χ0v) is 10.0. The first-order chi connectivity index (χ1) is 8.20. The van der Waals surface area contributed by atoms with Gasteiger partial charge in [-0.15, -0.1) is 0 Å². The smallest absolute Gasteiger partial charge is 0.153 e. The van der Waals surface area contributed by atoms with E-state index in [0.717, 1.165) is 17.5 Å². The molecule has 0 saturated heterocycles. The van der Waals surface area contributed by atoms with E-state index in [1.165, 1.54) is 0 Å². The normalized spacial score (nSPS) is 10.0. The average Bonchev–Trinajstić information content (AvgIpc) is 2.33. The van der Waals surface area contributed by atoms with Crippen LogP contribution in [0.15, 0.2) is 36.5 Å². The Balaban J connectivity index is 2.34. The summed E-state index contributed by atoms with van der Waals surface area (Å²) in [5, 5.41) is 3.80. The Hall–Kier alpha value is -1.87. The summed E-state index contributed by atoms with van der Waals surface area (Å²) >= 11 is 5.88. The second-order valence-corrected chi connectivity index (χ2v) is 4.08. The van der Waals surface area contributed by atoms with Crippen LogP contribution >= 0.6 is 11.6 Å². The molecule has 0 atom stereocenters. The number of nitrogens with zero attached hydrogens (tertiary/aromatic N) is 1. The molecule has 0 fully saturated rings. The lowest BCUT2D eigenvalue weighted by atomic mass is 10.2. The van der Waals surface area contributed by atoms with Gasteiger partial charge >= 0.3 is 0 Å². The minimum atomic E-state index is 0.529. The second-order valence-electron chi connectivity index (χ2n) is 3.64. The van der Waals surface area contributed by atoms with Gasteiger partial charge in [0.2, 0.25) is 0 Å². The predicted molar refractivity (Wildman–Crippen MR) is 69.1 cm³/mol. The van der Waals surface area contributed by atoms with Gasteiger partial charge in [-0.05, 0) is 42.8 Å². The van der Waals surface area contributed by atoms with E-state index >= 15 is 0 Å². The number of aromatic nitrogens is 1. The highest BCUT2D eigenvalue weighted by Crippen LogP contribution is 2.23. The van der Waals surface area contributed by atoms with Crippen LogP contribution in [0.5, 0.6) is 0 Å². The molecular weight excluding hydrogens is 236 g/mol. The quantitative estimate of drug-likeness (QED) is 0.842. The zero-order chi connectivity index (χ0) is 12.3. The summed E-state index contributed by atoms with van der Waals surface area (Å²) in [6.45, 7) is 1.94. The molecule has 0 saturated carbocycles. The molecule has 1 N–H and O–H groups in total. The molecule has 0 bridgehead atoms. The van der Waals surface area contributed by atoms with E-state index in [9.17, 15) is 4.79 Å². The first kappa shape index (κ1) is 11.6. The van der Waals surface area contributed by atoms with Crippen molar-refractivity contribution in [2.24, 2.45) is 0 Å². The molecular formula is C13H11ClN2O. The number of halogens is 1. The Labute approximate surface area is 104 Å². The van der Waals surface area contributed by atoms with Gasteiger partial charge in [-0.3, -0.25) is 4.79 Å². The summed E-state index contributed by atoms with van der Waals surface area (Å²) in [6, 6.07) is 8.95. The third kappa shape index (κ3) is 2.63. The molecule has 0 spiro atoms. The molecule has 4 heteroatoms. The molecule has 3 nitrogen and oxygen atoms in total. The molecule has 0 aliphatic rings. The highest BCUT2D eigenvalue weighted by molar-refractivity contribution is 6.30. The molecule has 0 aliphatic carbocycles. The molecule has 0 amide bonds. The summed E-state index contributed by atoms with van der Waals surface area (Å²) in [5.74, 6) is 0.549. The van der Waals surface area contributed by atoms with Crippen molar-refractivity contribution < 1.29 is 4.79 Å². The Bertz CT molecular complexity index is 555. The summed E-state index contributed by atoms with van der Waals surface area (Å²) in [7, 11) is 0. The van der Waals surface area contributed by atoms with Crippen molar-refractivity contribution in [3.63, 3.8) is 0 Å². The molecule has 0 unspecified atom stereocenters. The van der Waals surface area contributed by atoms with Crippen molar-refractivity contribution in [2.75, 3.05) is 5.32 Å². The van der Waals surface area contributed by atoms with Crippen LogP contribution in [-0.4, -0.2) is 11.3 Å². The molecule has 0 radical (unpaired) electrons. The van der Waals surface area contributed by atoms with Crippen molar-refractivity contribution in [1.82, 2.24) is 4.98 Å². The fraction of sp³-hybridized carbons (Fsp3) is 0.0769. The fourth-order valence-electron chi connectivity index (χ4n) is 1.51. The van der Waals surface area contributed by atoms with Crippen LogP contribution in [0.3, 0.4) is 0 Å². The highest BCUT2D eigenvalue weighted by atomic mass is 35.5. The van der Waals surface area contributed by atoms with Crippen molar-refractivity contribution in [2.45, 2.75) is 6.92 Å². The van der Waals surface area contributed by atoms with E-state index in [4.69, 9.17) is 11.6 Å². The number of benzene rings is 1. The number of aryl methyl sites for hydroxylation is 1. The number of hydrogen-bond donors (Lipinski definition) is 1. The second kappa shape index (κ2) is 4.97. The SMILES string of the molecule is Cc1cc(Cl)ccc1Nc1ncccc1C=O. The van der Waals surface area contributed by atoms with Gasteiger partial charge in [0.05, 0.1) is 5.56 Å². The van der Waals surface area contributed by atoms with Gasteiger partial charge < -0.3 is 5.32 Å². The number of rotatable bonds is 3. The van der Waals surface area contributed by atoms with Crippen LogP contribution in [0.25, 0.3) is 0 Å². The molecule has 1 aromatic carbocycles. The lowest BCUT2D eigenvalue weighted by molar-refractivity contribution is 0.112. The third-order valence-electron chi connectivity index (χ3n) is 2.41. The maximum atomic E-state index is 10.9. The molecule has 1 heterocycles. The summed E-state index contributed by atoms with van der Waals surface area (Å²) in [5.41, 5.74) is 2.41. The summed E-state index contributed by atoms with van der Waals surface area (Å²) < 4.78 is 0. The molecule has 1 aromatic heterocycles. The number of pyridine rings is 1. The Morgan fingerprint density at radius 2 is 2.18 bits per heavy atom. The van der Waals surface area contributed by atoms with Gasteiger partial charge in [-0.2, -0.15) is 0 Å². The highest BCUT2D eigenvalue weighted by Gasteiger charge is 2.04. The maximum Gasteiger partial charge on any atom is 0.153 e. The monoisotopic (exact) mass is 246 g/mol. The third-order valence-corrected chi connectivity index (χ3v) is 2.64. The zero-order valence-electron chi connectivity index (χ0n) is 9.27. The van der Waals surface area contributed by atoms with Gasteiger partial charge in [0.15, 0.2) is 6.29 Å². The standard InChI is InChI=1S/C13H11ClN2O/c1-9-7-11(14)4-5-12(9)16-13-10(8-17)3-2-6-15-13/h2-8H,1H3,(H,15,16). The van der Waals surface area contributed by atoms with Gasteiger partial charge in [0.1, 0.15) is 5.82 Å². The maximum absolute atomic E-state index is 10.9. The lowest BCUT2D eigenvalue weighted by Crippen LogP contribution is -1.99. The van der Waals surface area contributed by atoms with Gasteiger partial charge in [-0.1, -0.05) is 11.6 Å². The molecule has 0 aliphatic heterocycles. The van der Waals surface area contributed by atoms with Crippen LogP contribution in [0.1, 0.15) is 15.9 Å². The van der Waals surface area contributed by atoms with Crippen LogP contribution in [-0.2, 0) is 0 Å². The Morgan fingerprint density at radius 3 is 2.88 bits per heavy atom. The number of carbonyl (C=O) groups is 1. The van der Waals surface area contributed by atoms with Gasteiger partial charge in [-0.25, -0.2) is 4.98 Å². The van der Waals surface area contributed by atoms with Crippen molar-refractivity contribution in [1.29, 1.82) is 0 Å². The average molecular weight is 247 g/mol. The number of hydrogen-bond acceptors (Lipinski definition) is 3. The minimum absolute atomic E-state index is 0.529. The van der Waals surface area contributed by atoms with E-state index in [1.807, 2.05) is 19.1 Å². The first-order valence-corrected chi connectivity index (χ1v) is 5.52. The minimum Gasteiger partial charge on any atom is -0.339 e. The molecule has 17 heavy (non-hydrogen) atoms. The van der Waals surface area contributed by atoms with E-state index in [2.05, 4.69) is 10.3 Å². The van der Waals surface area contributed by atoms with Crippen LogP contribution < -0.4 is 5.32 Å². The summed E-state index contributed by atoms with van der Waals surface area (Å²) in [6.07, 6.45) is 2.42. The lowest BCUT2D eigenvalue weighted by Gasteiger charge is -2.10. The Morgan fingerprint density at radius 1 is 1.35 bits per heavy atom. The van der Waals surface area contributed by atoms with Gasteiger partial charge in [0, 0.05) is 16.9 Å². The predicted octanol–water partition coefficient (Wildman–Crippen LogP) is 3.60. The van der Waals surface area contributed by atoms with Crippen molar-refractivity contribution in [3.8, 4) is 0 Å². The molecule has 2 rings (SSSR count). The van der Waals surface area contributed by atoms with E-state index in [-0.39, 0.29) is 0 Å². The van der Waals surface area contributed by atoms with Gasteiger partial charge in [0.25, 0.3) is 0 Å². The largest absolute Gasteiger partial charge is 0.339 e. The molecule has 2 aromatic rings. The van der Waals surface area contributed by atoms with Crippen molar-refractivity contribution in [3.05, 3.63) is 52.7 Å². The van der Waals surface area contributed by atoms with E-state index < -0.39 is 0 Å². The number of anilines is 2. The first-order valence-electron chi connectivity index (χ1n) is 5.14. The van der Waals surface area contributed by atoms with Crippen LogP contribution in [0.2, 0.25) is 5.02 Å². The summed E-state index contributed by atoms with van der Waals surface area (Å²) in [4.78, 5) is 15.0. The topological polar surface area (TPSA) is 42.0 Å². The molecule has 86 valence electrons. The van der Waals surface area contributed by atoms with Crippen molar-refractivity contribution >= 4 is 29.4 Å². The van der Waals surface area contributed by atoms with E-state index in [0.29, 0.717) is 16.4 Å². The number of aldehydes is 1. The van der Waals surface area contributed by atoms with Crippen LogP contribution in [0, 0.1) is 6.92 Å². The number of carbonyl (C=O) groups excluding carboxylic acids is 1. The number of nitrogens with one attached hydrogen (secondary N) is 1. The fourth-order valence-corrected chi connectivity index (χ4v) is 1.74. The van der Waals surface area contributed by atoms with E-state index in [1.54, 1.807) is 24.4 Å².